The second kappa shape index (κ2) is 2.14. The highest BCUT2D eigenvalue weighted by molar-refractivity contribution is 5.85. The van der Waals surface area contributed by atoms with Crippen molar-refractivity contribution in [3.05, 3.63) is 0 Å². The van der Waals surface area contributed by atoms with Gasteiger partial charge < -0.3 is 5.32 Å². The zero-order chi connectivity index (χ0) is 5.61. The molecule has 1 heterocycles. The molecule has 1 nitrogen and oxygen atoms in total. The van der Waals surface area contributed by atoms with Crippen molar-refractivity contribution in [1.29, 1.82) is 0 Å². The van der Waals surface area contributed by atoms with E-state index in [1.54, 1.807) is 0 Å². The van der Waals surface area contributed by atoms with Crippen molar-refractivity contribution in [3.8, 4) is 0 Å². The summed E-state index contributed by atoms with van der Waals surface area (Å²) in [5, 5.41) is 3.42. The van der Waals surface area contributed by atoms with Crippen molar-refractivity contribution in [1.82, 2.24) is 5.32 Å². The van der Waals surface area contributed by atoms with Crippen LogP contribution in [0.2, 0.25) is 0 Å². The van der Waals surface area contributed by atoms with Crippen molar-refractivity contribution in [2.24, 2.45) is 11.3 Å². The highest BCUT2D eigenvalue weighted by atomic mass is 35.5. The van der Waals surface area contributed by atoms with Gasteiger partial charge in [0.1, 0.15) is 0 Å². The van der Waals surface area contributed by atoms with Crippen LogP contribution >= 0.6 is 12.4 Å². The molecule has 2 aliphatic rings. The number of halogens is 1. The summed E-state index contributed by atoms with van der Waals surface area (Å²) in [5.41, 5.74) is 0.734. The van der Waals surface area contributed by atoms with Gasteiger partial charge in [-0.2, -0.15) is 0 Å². The van der Waals surface area contributed by atoms with Gasteiger partial charge in [-0.1, -0.05) is 6.92 Å². The number of fused-ring (bicyclic) bond motifs is 1. The van der Waals surface area contributed by atoms with Crippen LogP contribution in [0.25, 0.3) is 0 Å². The molecule has 0 aromatic heterocycles. The summed E-state index contributed by atoms with van der Waals surface area (Å²) in [6, 6.07) is 0. The molecule has 2 unspecified atom stereocenters. The second-order valence-corrected chi connectivity index (χ2v) is 3.52. The van der Waals surface area contributed by atoms with E-state index in [2.05, 4.69) is 12.2 Å². The lowest BCUT2D eigenvalue weighted by molar-refractivity contribution is 0.386. The Balaban J connectivity index is 0.000000405. The zero-order valence-electron chi connectivity index (χ0n) is 5.81. The third kappa shape index (κ3) is 1.08. The Bertz CT molecular complexity index is 113. The minimum atomic E-state index is 0. The lowest BCUT2D eigenvalue weighted by atomic mass is 10.0. The van der Waals surface area contributed by atoms with E-state index in [0.29, 0.717) is 0 Å². The number of piperidine rings is 1. The first-order valence-electron chi connectivity index (χ1n) is 3.52. The van der Waals surface area contributed by atoms with Gasteiger partial charge in [-0.15, -0.1) is 12.4 Å². The van der Waals surface area contributed by atoms with Crippen LogP contribution in [0.1, 0.15) is 19.8 Å². The average molecular weight is 148 g/mol. The standard InChI is InChI=1S/C7H13N.ClH/c1-7-4-6(7)2-3-8-5-7;/h6,8H,2-5H2,1H3;1H. The fourth-order valence-electron chi connectivity index (χ4n) is 1.82. The minimum absolute atomic E-state index is 0. The quantitative estimate of drug-likeness (QED) is 0.547. The molecule has 9 heavy (non-hydrogen) atoms. The molecule has 0 aromatic rings. The van der Waals surface area contributed by atoms with Crippen LogP contribution in [-0.4, -0.2) is 13.1 Å². The topological polar surface area (TPSA) is 12.0 Å². The third-order valence-corrected chi connectivity index (χ3v) is 2.74. The van der Waals surface area contributed by atoms with Crippen LogP contribution in [0.5, 0.6) is 0 Å². The molecule has 1 saturated carbocycles. The Morgan fingerprint density at radius 3 is 2.78 bits per heavy atom. The van der Waals surface area contributed by atoms with Gasteiger partial charge in [-0.05, 0) is 30.7 Å². The van der Waals surface area contributed by atoms with Crippen molar-refractivity contribution >= 4 is 12.4 Å². The van der Waals surface area contributed by atoms with Crippen LogP contribution in [0.15, 0.2) is 0 Å². The Hall–Kier alpha value is 0.250. The molecular weight excluding hydrogens is 134 g/mol. The lowest BCUT2D eigenvalue weighted by Crippen LogP contribution is -2.29. The van der Waals surface area contributed by atoms with Gasteiger partial charge in [0, 0.05) is 6.54 Å². The molecule has 0 bridgehead atoms. The first kappa shape index (κ1) is 7.36. The highest BCUT2D eigenvalue weighted by Gasteiger charge is 2.50. The van der Waals surface area contributed by atoms with E-state index in [9.17, 15) is 0 Å². The predicted octanol–water partition coefficient (Wildman–Crippen LogP) is 1.43. The summed E-state index contributed by atoms with van der Waals surface area (Å²) in [5.74, 6) is 1.09. The summed E-state index contributed by atoms with van der Waals surface area (Å²) in [4.78, 5) is 0. The van der Waals surface area contributed by atoms with Gasteiger partial charge in [0.05, 0.1) is 0 Å². The first-order valence-corrected chi connectivity index (χ1v) is 3.52. The SMILES string of the molecule is CC12CNCCC1C2.Cl. The monoisotopic (exact) mass is 147 g/mol. The number of hydrogen-bond acceptors (Lipinski definition) is 1. The molecule has 0 aromatic carbocycles. The molecule has 1 aliphatic heterocycles. The normalized spacial score (nSPS) is 47.0. The van der Waals surface area contributed by atoms with Crippen LogP contribution in [0.4, 0.5) is 0 Å². The summed E-state index contributed by atoms with van der Waals surface area (Å²) in [6.45, 7) is 4.93. The highest BCUT2D eigenvalue weighted by Crippen LogP contribution is 2.54. The van der Waals surface area contributed by atoms with E-state index < -0.39 is 0 Å². The van der Waals surface area contributed by atoms with E-state index in [0.717, 1.165) is 11.3 Å². The molecule has 0 spiro atoms. The molecule has 2 fully saturated rings. The van der Waals surface area contributed by atoms with E-state index in [1.807, 2.05) is 0 Å². The van der Waals surface area contributed by atoms with Crippen molar-refractivity contribution in [2.45, 2.75) is 19.8 Å². The first-order chi connectivity index (χ1) is 3.81. The zero-order valence-corrected chi connectivity index (χ0v) is 6.63. The van der Waals surface area contributed by atoms with Crippen molar-refractivity contribution in [2.75, 3.05) is 13.1 Å². The van der Waals surface area contributed by atoms with Crippen LogP contribution < -0.4 is 5.32 Å². The molecule has 1 saturated heterocycles. The molecular formula is C7H14ClN. The lowest BCUT2D eigenvalue weighted by Gasteiger charge is -2.17. The van der Waals surface area contributed by atoms with E-state index in [4.69, 9.17) is 0 Å². The van der Waals surface area contributed by atoms with Crippen molar-refractivity contribution in [3.63, 3.8) is 0 Å². The van der Waals surface area contributed by atoms with Crippen LogP contribution in [0, 0.1) is 11.3 Å². The van der Waals surface area contributed by atoms with Crippen molar-refractivity contribution < 1.29 is 0 Å². The molecule has 2 heteroatoms. The Labute approximate surface area is 62.6 Å². The maximum atomic E-state index is 3.42. The van der Waals surface area contributed by atoms with Gasteiger partial charge >= 0.3 is 0 Å². The smallest absolute Gasteiger partial charge is 0.000793 e. The third-order valence-electron chi connectivity index (χ3n) is 2.74. The molecule has 0 amide bonds. The summed E-state index contributed by atoms with van der Waals surface area (Å²) in [6.07, 6.45) is 2.91. The molecule has 2 rings (SSSR count). The van der Waals surface area contributed by atoms with Gasteiger partial charge in [0.25, 0.3) is 0 Å². The number of rotatable bonds is 0. The largest absolute Gasteiger partial charge is 0.316 e. The van der Waals surface area contributed by atoms with E-state index in [-0.39, 0.29) is 12.4 Å². The van der Waals surface area contributed by atoms with E-state index in [1.165, 1.54) is 25.9 Å². The second-order valence-electron chi connectivity index (χ2n) is 3.52. The Morgan fingerprint density at radius 2 is 2.33 bits per heavy atom. The van der Waals surface area contributed by atoms with E-state index >= 15 is 0 Å². The van der Waals surface area contributed by atoms with Gasteiger partial charge in [-0.3, -0.25) is 0 Å². The van der Waals surface area contributed by atoms with Gasteiger partial charge in [0.15, 0.2) is 0 Å². The predicted molar refractivity (Wildman–Crippen MR) is 40.9 cm³/mol. The summed E-state index contributed by atoms with van der Waals surface area (Å²) >= 11 is 0. The molecule has 0 radical (unpaired) electrons. The summed E-state index contributed by atoms with van der Waals surface area (Å²) < 4.78 is 0. The van der Waals surface area contributed by atoms with Crippen LogP contribution in [-0.2, 0) is 0 Å². The Kier molecular flexibility index (Phi) is 1.75. The molecule has 54 valence electrons. The Morgan fingerprint density at radius 1 is 1.56 bits per heavy atom. The maximum absolute atomic E-state index is 3.42. The molecule has 2 atom stereocenters. The van der Waals surface area contributed by atoms with Gasteiger partial charge in [-0.25, -0.2) is 0 Å². The molecule has 1 N–H and O–H groups in total. The van der Waals surface area contributed by atoms with Crippen LogP contribution in [0.3, 0.4) is 0 Å². The fourth-order valence-corrected chi connectivity index (χ4v) is 1.82. The van der Waals surface area contributed by atoms with Gasteiger partial charge in [0.2, 0.25) is 0 Å². The average Bonchev–Trinajstić information content (AvgIpc) is 2.39. The maximum Gasteiger partial charge on any atom is 0.000793 e. The fraction of sp³-hybridized carbons (Fsp3) is 1.00. The number of nitrogens with one attached hydrogen (secondary N) is 1. The number of hydrogen-bond donors (Lipinski definition) is 1. The minimum Gasteiger partial charge on any atom is -0.316 e. The molecule has 1 aliphatic carbocycles. The summed E-state index contributed by atoms with van der Waals surface area (Å²) in [7, 11) is 0.